The Bertz CT molecular complexity index is 493. The number of pyridine rings is 1. The number of aryl methyl sites for hydroxylation is 1. The Labute approximate surface area is 106 Å². The van der Waals surface area contributed by atoms with Crippen molar-refractivity contribution in [2.75, 3.05) is 7.11 Å². The maximum Gasteiger partial charge on any atom is 0.212 e. The Balaban J connectivity index is 1.94. The molecule has 0 amide bonds. The summed E-state index contributed by atoms with van der Waals surface area (Å²) in [7, 11) is 3.46. The van der Waals surface area contributed by atoms with Crippen molar-refractivity contribution in [1.82, 2.24) is 19.7 Å². The predicted octanol–water partition coefficient (Wildman–Crippen LogP) is 0.331. The largest absolute Gasteiger partial charge is 0.481 e. The van der Waals surface area contributed by atoms with E-state index in [1.807, 2.05) is 19.2 Å². The zero-order chi connectivity index (χ0) is 13.0. The molecule has 0 spiro atoms. The molecule has 18 heavy (non-hydrogen) atoms. The van der Waals surface area contributed by atoms with Crippen molar-refractivity contribution in [2.45, 2.75) is 18.9 Å². The zero-order valence-corrected chi connectivity index (χ0v) is 10.6. The number of nitrogens with two attached hydrogens (primary N) is 1. The summed E-state index contributed by atoms with van der Waals surface area (Å²) in [6.07, 6.45) is 4.78. The van der Waals surface area contributed by atoms with Gasteiger partial charge in [0.25, 0.3) is 0 Å². The van der Waals surface area contributed by atoms with Crippen LogP contribution in [0.3, 0.4) is 0 Å². The Morgan fingerprint density at radius 1 is 1.33 bits per heavy atom. The van der Waals surface area contributed by atoms with Gasteiger partial charge in [-0.25, -0.2) is 9.97 Å². The summed E-state index contributed by atoms with van der Waals surface area (Å²) in [6, 6.07) is 3.82. The van der Waals surface area contributed by atoms with Crippen LogP contribution in [-0.4, -0.2) is 32.9 Å². The minimum atomic E-state index is 0.00287. The second-order valence-electron chi connectivity index (χ2n) is 4.18. The zero-order valence-electron chi connectivity index (χ0n) is 10.6. The molecule has 1 unspecified atom stereocenters. The molecule has 6 heteroatoms. The van der Waals surface area contributed by atoms with E-state index < -0.39 is 0 Å². The van der Waals surface area contributed by atoms with E-state index in [9.17, 15) is 0 Å². The van der Waals surface area contributed by atoms with Gasteiger partial charge in [-0.1, -0.05) is 6.07 Å². The van der Waals surface area contributed by atoms with Crippen LogP contribution in [0.2, 0.25) is 0 Å². The van der Waals surface area contributed by atoms with Crippen LogP contribution in [0.1, 0.15) is 11.4 Å². The molecule has 6 nitrogen and oxygen atoms in total. The van der Waals surface area contributed by atoms with E-state index >= 15 is 0 Å². The van der Waals surface area contributed by atoms with Crippen molar-refractivity contribution in [3.05, 3.63) is 36.0 Å². The maximum absolute atomic E-state index is 6.10. The number of rotatable bonds is 5. The van der Waals surface area contributed by atoms with Crippen LogP contribution < -0.4 is 10.5 Å². The minimum absolute atomic E-state index is 0.00287. The first-order valence-electron chi connectivity index (χ1n) is 5.76. The lowest BCUT2D eigenvalue weighted by molar-refractivity contribution is 0.397. The van der Waals surface area contributed by atoms with Gasteiger partial charge in [-0.05, 0) is 12.0 Å². The van der Waals surface area contributed by atoms with Crippen molar-refractivity contribution in [3.63, 3.8) is 0 Å². The van der Waals surface area contributed by atoms with Gasteiger partial charge >= 0.3 is 0 Å². The lowest BCUT2D eigenvalue weighted by Crippen LogP contribution is -2.27. The molecule has 0 aliphatic carbocycles. The third kappa shape index (κ3) is 3.04. The molecule has 96 valence electrons. The van der Waals surface area contributed by atoms with Gasteiger partial charge in [-0.2, -0.15) is 5.10 Å². The number of aromatic nitrogens is 4. The first-order valence-corrected chi connectivity index (χ1v) is 5.76. The summed E-state index contributed by atoms with van der Waals surface area (Å²) in [5, 5.41) is 4.02. The molecular formula is C12H17N5O. The summed E-state index contributed by atoms with van der Waals surface area (Å²) in [6.45, 7) is 0. The van der Waals surface area contributed by atoms with Gasteiger partial charge in [0, 0.05) is 31.8 Å². The lowest BCUT2D eigenvalue weighted by atomic mass is 10.1. The van der Waals surface area contributed by atoms with Crippen molar-refractivity contribution in [1.29, 1.82) is 0 Å². The van der Waals surface area contributed by atoms with Gasteiger partial charge in [0.1, 0.15) is 12.2 Å². The number of methoxy groups -OCH3 is 1. The molecule has 2 N–H and O–H groups in total. The molecule has 2 rings (SSSR count). The standard InChI is InChI=1S/C12H17N5O/c1-17-11(15-8-16-17)6-10(13)5-9-3-4-12(18-2)14-7-9/h3-4,7-8,10H,5-6,13H2,1-2H3. The average molecular weight is 247 g/mol. The van der Waals surface area contributed by atoms with Crippen LogP contribution in [-0.2, 0) is 19.9 Å². The predicted molar refractivity (Wildman–Crippen MR) is 67.2 cm³/mol. The molecule has 0 fully saturated rings. The summed E-state index contributed by atoms with van der Waals surface area (Å²) >= 11 is 0. The molecule has 1 atom stereocenters. The van der Waals surface area contributed by atoms with Gasteiger partial charge in [0.2, 0.25) is 5.88 Å². The second-order valence-corrected chi connectivity index (χ2v) is 4.18. The van der Waals surface area contributed by atoms with Crippen molar-refractivity contribution >= 4 is 0 Å². The van der Waals surface area contributed by atoms with Gasteiger partial charge in [0.05, 0.1) is 7.11 Å². The van der Waals surface area contributed by atoms with E-state index in [1.54, 1.807) is 18.0 Å². The summed E-state index contributed by atoms with van der Waals surface area (Å²) in [4.78, 5) is 8.31. The van der Waals surface area contributed by atoms with Crippen LogP contribution in [0.4, 0.5) is 0 Å². The minimum Gasteiger partial charge on any atom is -0.481 e. The van der Waals surface area contributed by atoms with E-state index in [1.165, 1.54) is 6.33 Å². The number of ether oxygens (including phenoxy) is 1. The van der Waals surface area contributed by atoms with Crippen LogP contribution >= 0.6 is 0 Å². The first-order chi connectivity index (χ1) is 8.69. The fourth-order valence-corrected chi connectivity index (χ4v) is 1.77. The Morgan fingerprint density at radius 3 is 2.72 bits per heavy atom. The summed E-state index contributed by atoms with van der Waals surface area (Å²) in [5.41, 5.74) is 7.18. The number of nitrogens with zero attached hydrogens (tertiary/aromatic N) is 4. The van der Waals surface area contributed by atoms with Gasteiger partial charge in [-0.3, -0.25) is 4.68 Å². The van der Waals surface area contributed by atoms with Gasteiger partial charge in [0.15, 0.2) is 0 Å². The van der Waals surface area contributed by atoms with Crippen LogP contribution in [0, 0.1) is 0 Å². The van der Waals surface area contributed by atoms with E-state index in [4.69, 9.17) is 10.5 Å². The molecular weight excluding hydrogens is 230 g/mol. The van der Waals surface area contributed by atoms with E-state index in [-0.39, 0.29) is 6.04 Å². The fourth-order valence-electron chi connectivity index (χ4n) is 1.77. The third-order valence-corrected chi connectivity index (χ3v) is 2.75. The van der Waals surface area contributed by atoms with Crippen molar-refractivity contribution < 1.29 is 4.74 Å². The average Bonchev–Trinajstić information content (AvgIpc) is 2.76. The molecule has 2 aromatic heterocycles. The highest BCUT2D eigenvalue weighted by Gasteiger charge is 2.09. The normalized spacial score (nSPS) is 12.4. The van der Waals surface area contributed by atoms with E-state index in [0.717, 1.165) is 17.8 Å². The first kappa shape index (κ1) is 12.5. The highest BCUT2D eigenvalue weighted by atomic mass is 16.5. The monoisotopic (exact) mass is 247 g/mol. The molecule has 0 aromatic carbocycles. The van der Waals surface area contributed by atoms with Crippen molar-refractivity contribution in [3.8, 4) is 5.88 Å². The van der Waals surface area contributed by atoms with Gasteiger partial charge in [-0.15, -0.1) is 0 Å². The number of hydrogen-bond acceptors (Lipinski definition) is 5. The van der Waals surface area contributed by atoms with E-state index in [2.05, 4.69) is 15.1 Å². The van der Waals surface area contributed by atoms with Gasteiger partial charge < -0.3 is 10.5 Å². The molecule has 0 aliphatic heterocycles. The molecule has 0 aliphatic rings. The molecule has 0 bridgehead atoms. The van der Waals surface area contributed by atoms with E-state index in [0.29, 0.717) is 12.3 Å². The number of hydrogen-bond donors (Lipinski definition) is 1. The Kier molecular flexibility index (Phi) is 3.88. The van der Waals surface area contributed by atoms with Crippen molar-refractivity contribution in [2.24, 2.45) is 12.8 Å². The molecule has 0 saturated heterocycles. The molecule has 0 radical (unpaired) electrons. The highest BCUT2D eigenvalue weighted by Crippen LogP contribution is 2.09. The molecule has 2 aromatic rings. The maximum atomic E-state index is 6.10. The smallest absolute Gasteiger partial charge is 0.212 e. The fraction of sp³-hybridized carbons (Fsp3) is 0.417. The Hall–Kier alpha value is -1.95. The van der Waals surface area contributed by atoms with Crippen LogP contribution in [0.15, 0.2) is 24.7 Å². The summed E-state index contributed by atoms with van der Waals surface area (Å²) < 4.78 is 6.75. The van der Waals surface area contributed by atoms with Crippen LogP contribution in [0.5, 0.6) is 5.88 Å². The lowest BCUT2D eigenvalue weighted by Gasteiger charge is -2.11. The summed E-state index contributed by atoms with van der Waals surface area (Å²) in [5.74, 6) is 1.50. The molecule has 0 saturated carbocycles. The highest BCUT2D eigenvalue weighted by molar-refractivity contribution is 5.18. The SMILES string of the molecule is COc1ccc(CC(N)Cc2ncnn2C)cn1. The topological polar surface area (TPSA) is 78.9 Å². The second kappa shape index (κ2) is 5.59. The Morgan fingerprint density at radius 2 is 2.17 bits per heavy atom. The quantitative estimate of drug-likeness (QED) is 0.823. The molecule has 2 heterocycles. The van der Waals surface area contributed by atoms with Crippen LogP contribution in [0.25, 0.3) is 0 Å². The third-order valence-electron chi connectivity index (χ3n) is 2.75.